The molecule has 0 spiro atoms. The van der Waals surface area contributed by atoms with Crippen LogP contribution in [0.1, 0.15) is 13.8 Å². The van der Waals surface area contributed by atoms with Crippen molar-refractivity contribution in [2.24, 2.45) is 0 Å². The Labute approximate surface area is 91.2 Å². The second-order valence-corrected chi connectivity index (χ2v) is 5.00. The van der Waals surface area contributed by atoms with Crippen LogP contribution in [0.5, 0.6) is 0 Å². The van der Waals surface area contributed by atoms with E-state index in [4.69, 9.17) is 9.76 Å². The molecule has 1 saturated heterocycles. The maximum absolute atomic E-state index is 9.56. The van der Waals surface area contributed by atoms with Gasteiger partial charge in [-0.05, 0) is 13.5 Å². The fourth-order valence-electron chi connectivity index (χ4n) is 1.05. The molecule has 2 N–H and O–H groups in total. The fraction of sp³-hybridized carbons (Fsp3) is 1.00. The Morgan fingerprint density at radius 3 is 1.80 bits per heavy atom. The van der Waals surface area contributed by atoms with E-state index < -0.39 is 10.1 Å². The lowest BCUT2D eigenvalue weighted by molar-refractivity contribution is -0.116. The summed E-state index contributed by atoms with van der Waals surface area (Å²) in [5, 5.41) is 10.3. The minimum atomic E-state index is -3.66. The van der Waals surface area contributed by atoms with Crippen LogP contribution in [-0.2, 0) is 10.1 Å². The van der Waals surface area contributed by atoms with E-state index in [2.05, 4.69) is 11.8 Å². The molecule has 92 valence electrons. The molecule has 0 atom stereocenters. The molecule has 1 aliphatic rings. The first-order chi connectivity index (χ1) is 6.89. The lowest BCUT2D eigenvalue weighted by Crippen LogP contribution is -2.44. The molecule has 1 heterocycles. The number of piperazine rings is 1. The highest BCUT2D eigenvalue weighted by molar-refractivity contribution is 7.85. The first kappa shape index (κ1) is 14.8. The summed E-state index contributed by atoms with van der Waals surface area (Å²) in [6.07, 6.45) is 0. The smallest absolute Gasteiger partial charge is 0.264 e. The number of rotatable bonds is 2. The van der Waals surface area contributed by atoms with Crippen LogP contribution in [0.25, 0.3) is 0 Å². The van der Waals surface area contributed by atoms with Gasteiger partial charge in [-0.15, -0.1) is 0 Å². The zero-order chi connectivity index (χ0) is 11.9. The van der Waals surface area contributed by atoms with Gasteiger partial charge in [0.05, 0.1) is 5.75 Å². The fourth-order valence-corrected chi connectivity index (χ4v) is 1.05. The van der Waals surface area contributed by atoms with Gasteiger partial charge in [-0.2, -0.15) is 13.5 Å². The molecular weight excluding hydrogens is 220 g/mol. The van der Waals surface area contributed by atoms with Crippen LogP contribution in [0.3, 0.4) is 0 Å². The predicted octanol–water partition coefficient (Wildman–Crippen LogP) is -0.0928. The van der Waals surface area contributed by atoms with E-state index in [0.717, 1.165) is 32.7 Å². The Morgan fingerprint density at radius 1 is 1.13 bits per heavy atom. The van der Waals surface area contributed by atoms with E-state index >= 15 is 0 Å². The van der Waals surface area contributed by atoms with Gasteiger partial charge in [-0.1, -0.05) is 6.92 Å². The third-order valence-corrected chi connectivity index (χ3v) is 2.89. The topological polar surface area (TPSA) is 81.1 Å². The molecule has 0 amide bonds. The SMILES string of the molecule is CCN1CCN(O)CC1.CCS(=O)(=O)O. The van der Waals surface area contributed by atoms with Crippen molar-refractivity contribution < 1.29 is 18.2 Å². The Kier molecular flexibility index (Phi) is 7.03. The molecular formula is C8H20N2O4S. The van der Waals surface area contributed by atoms with Crippen molar-refractivity contribution >= 4 is 10.1 Å². The lowest BCUT2D eigenvalue weighted by atomic mass is 10.4. The van der Waals surface area contributed by atoms with Crippen molar-refractivity contribution in [2.75, 3.05) is 38.5 Å². The van der Waals surface area contributed by atoms with Gasteiger partial charge in [-0.3, -0.25) is 4.55 Å². The van der Waals surface area contributed by atoms with E-state index in [1.165, 1.54) is 12.0 Å². The van der Waals surface area contributed by atoms with Crippen LogP contribution in [0.2, 0.25) is 0 Å². The van der Waals surface area contributed by atoms with Gasteiger partial charge < -0.3 is 10.1 Å². The number of hydrogen-bond donors (Lipinski definition) is 2. The molecule has 0 radical (unpaired) electrons. The Hall–Kier alpha value is -0.210. The van der Waals surface area contributed by atoms with Crippen molar-refractivity contribution in [1.82, 2.24) is 9.96 Å². The molecule has 0 aromatic carbocycles. The molecule has 0 aliphatic carbocycles. The number of likely N-dealkylation sites (N-methyl/N-ethyl adjacent to an activating group) is 1. The molecule has 0 aromatic heterocycles. The molecule has 7 heteroatoms. The van der Waals surface area contributed by atoms with Crippen molar-refractivity contribution in [3.8, 4) is 0 Å². The predicted molar refractivity (Wildman–Crippen MR) is 57.6 cm³/mol. The first-order valence-electron chi connectivity index (χ1n) is 5.00. The molecule has 6 nitrogen and oxygen atoms in total. The molecule has 0 bridgehead atoms. The van der Waals surface area contributed by atoms with Gasteiger partial charge in [-0.25, -0.2) is 0 Å². The van der Waals surface area contributed by atoms with Crippen LogP contribution < -0.4 is 0 Å². The number of nitrogens with zero attached hydrogens (tertiary/aromatic N) is 2. The zero-order valence-electron chi connectivity index (χ0n) is 9.26. The second-order valence-electron chi connectivity index (χ2n) is 3.26. The molecule has 1 rings (SSSR count). The molecule has 1 aliphatic heterocycles. The zero-order valence-corrected chi connectivity index (χ0v) is 10.1. The van der Waals surface area contributed by atoms with Crippen LogP contribution in [0, 0.1) is 0 Å². The van der Waals surface area contributed by atoms with Crippen molar-refractivity contribution in [3.63, 3.8) is 0 Å². The molecule has 15 heavy (non-hydrogen) atoms. The van der Waals surface area contributed by atoms with Crippen molar-refractivity contribution in [2.45, 2.75) is 13.8 Å². The van der Waals surface area contributed by atoms with Gasteiger partial charge in [0.25, 0.3) is 10.1 Å². The highest BCUT2D eigenvalue weighted by Crippen LogP contribution is 1.96. The summed E-state index contributed by atoms with van der Waals surface area (Å²) in [7, 11) is -3.66. The normalized spacial score (nSPS) is 19.5. The molecule has 1 fully saturated rings. The molecule has 0 aromatic rings. The average Bonchev–Trinajstić information content (AvgIpc) is 2.19. The number of hydroxylamine groups is 2. The highest BCUT2D eigenvalue weighted by atomic mass is 32.2. The Balaban J connectivity index is 0.000000288. The third-order valence-electron chi connectivity index (χ3n) is 2.16. The summed E-state index contributed by atoms with van der Waals surface area (Å²) in [4.78, 5) is 2.33. The largest absolute Gasteiger partial charge is 0.314 e. The third kappa shape index (κ3) is 8.76. The Morgan fingerprint density at radius 2 is 1.53 bits per heavy atom. The second kappa shape index (κ2) is 7.13. The monoisotopic (exact) mass is 240 g/mol. The maximum Gasteiger partial charge on any atom is 0.264 e. The summed E-state index contributed by atoms with van der Waals surface area (Å²) in [6, 6.07) is 0. The molecule has 0 unspecified atom stereocenters. The van der Waals surface area contributed by atoms with E-state index in [9.17, 15) is 8.42 Å². The summed E-state index contributed by atoms with van der Waals surface area (Å²) < 4.78 is 26.9. The van der Waals surface area contributed by atoms with Crippen LogP contribution in [0.15, 0.2) is 0 Å². The van der Waals surface area contributed by atoms with E-state index in [1.807, 2.05) is 0 Å². The molecule has 0 saturated carbocycles. The van der Waals surface area contributed by atoms with Crippen molar-refractivity contribution in [3.05, 3.63) is 0 Å². The lowest BCUT2D eigenvalue weighted by Gasteiger charge is -2.29. The van der Waals surface area contributed by atoms with Crippen LogP contribution >= 0.6 is 0 Å². The Bertz CT molecular complexity index is 247. The van der Waals surface area contributed by atoms with Gasteiger partial charge in [0.1, 0.15) is 0 Å². The first-order valence-corrected chi connectivity index (χ1v) is 6.61. The van der Waals surface area contributed by atoms with E-state index in [1.54, 1.807) is 0 Å². The van der Waals surface area contributed by atoms with Gasteiger partial charge in [0, 0.05) is 26.2 Å². The van der Waals surface area contributed by atoms with Crippen molar-refractivity contribution in [1.29, 1.82) is 0 Å². The summed E-state index contributed by atoms with van der Waals surface area (Å²) >= 11 is 0. The quantitative estimate of drug-likeness (QED) is 0.656. The van der Waals surface area contributed by atoms with Gasteiger partial charge in [0.15, 0.2) is 0 Å². The minimum Gasteiger partial charge on any atom is -0.314 e. The van der Waals surface area contributed by atoms with Gasteiger partial charge in [0.2, 0.25) is 0 Å². The maximum atomic E-state index is 9.56. The average molecular weight is 240 g/mol. The minimum absolute atomic E-state index is 0.201. The highest BCUT2D eigenvalue weighted by Gasteiger charge is 2.11. The van der Waals surface area contributed by atoms with E-state index in [0.29, 0.717) is 0 Å². The van der Waals surface area contributed by atoms with Gasteiger partial charge >= 0.3 is 0 Å². The summed E-state index contributed by atoms with van der Waals surface area (Å²) in [5.41, 5.74) is 0. The number of hydrogen-bond acceptors (Lipinski definition) is 5. The standard InChI is InChI=1S/C6H14N2O.C2H6O3S/c1-2-7-3-5-8(9)6-4-7;1-2-6(3,4)5/h9H,2-6H2,1H3;2H2,1H3,(H,3,4,5). The van der Waals surface area contributed by atoms with E-state index in [-0.39, 0.29) is 5.75 Å². The summed E-state index contributed by atoms with van der Waals surface area (Å²) in [6.45, 7) is 8.23. The summed E-state index contributed by atoms with van der Waals surface area (Å²) in [5.74, 6) is -0.201. The van der Waals surface area contributed by atoms with Crippen LogP contribution in [0.4, 0.5) is 0 Å². The van der Waals surface area contributed by atoms with Crippen LogP contribution in [-0.4, -0.2) is 66.6 Å².